The summed E-state index contributed by atoms with van der Waals surface area (Å²) in [6.07, 6.45) is 1.70. The van der Waals surface area contributed by atoms with Crippen molar-refractivity contribution in [1.29, 1.82) is 0 Å². The number of hydrogen-bond donors (Lipinski definition) is 1. The zero-order valence-electron chi connectivity index (χ0n) is 10.9. The van der Waals surface area contributed by atoms with Crippen molar-refractivity contribution in [2.45, 2.75) is 12.8 Å². The summed E-state index contributed by atoms with van der Waals surface area (Å²) in [6.45, 7) is 1.63. The summed E-state index contributed by atoms with van der Waals surface area (Å²) in [5.74, 6) is 0.590. The fourth-order valence-corrected chi connectivity index (χ4v) is 2.47. The van der Waals surface area contributed by atoms with Gasteiger partial charge in [0.2, 0.25) is 0 Å². The Morgan fingerprint density at radius 2 is 2.16 bits per heavy atom. The average molecular weight is 266 g/mol. The molecule has 1 aromatic carbocycles. The molecular weight excluding hydrogens is 248 g/mol. The van der Waals surface area contributed by atoms with Gasteiger partial charge in [0.05, 0.1) is 12.0 Å². The fraction of sp³-hybridized carbons (Fsp3) is 0.538. The van der Waals surface area contributed by atoms with Crippen LogP contribution in [-0.4, -0.2) is 36.8 Å². The van der Waals surface area contributed by atoms with Crippen molar-refractivity contribution in [3.8, 4) is 5.75 Å². The summed E-state index contributed by atoms with van der Waals surface area (Å²) < 4.78 is 5.07. The quantitative estimate of drug-likeness (QED) is 0.664. The number of para-hydroxylation sites is 1. The Hall–Kier alpha value is -1.82. The lowest BCUT2D eigenvalue weighted by Gasteiger charge is -2.32. The van der Waals surface area contributed by atoms with Gasteiger partial charge < -0.3 is 14.7 Å². The molecule has 1 saturated heterocycles. The van der Waals surface area contributed by atoms with Crippen LogP contribution in [0.15, 0.2) is 18.2 Å². The van der Waals surface area contributed by atoms with Crippen molar-refractivity contribution in [1.82, 2.24) is 0 Å². The molecule has 1 aliphatic rings. The number of aliphatic hydroxyl groups is 1. The second kappa shape index (κ2) is 5.88. The minimum absolute atomic E-state index is 0.0208. The molecule has 6 nitrogen and oxygen atoms in total. The molecule has 0 saturated carbocycles. The molecular formula is C13H18N2O4. The van der Waals surface area contributed by atoms with Crippen LogP contribution in [0.4, 0.5) is 11.4 Å². The molecule has 0 unspecified atom stereocenters. The minimum Gasteiger partial charge on any atom is -0.490 e. The van der Waals surface area contributed by atoms with E-state index >= 15 is 0 Å². The van der Waals surface area contributed by atoms with E-state index in [1.165, 1.54) is 7.11 Å². The maximum Gasteiger partial charge on any atom is 0.333 e. The Kier molecular flexibility index (Phi) is 4.21. The molecule has 0 bridgehead atoms. The molecule has 1 aromatic rings. The van der Waals surface area contributed by atoms with E-state index in [9.17, 15) is 10.1 Å². The molecule has 6 heteroatoms. The van der Waals surface area contributed by atoms with Crippen molar-refractivity contribution in [2.75, 3.05) is 31.7 Å². The first-order chi connectivity index (χ1) is 9.17. The highest BCUT2D eigenvalue weighted by Crippen LogP contribution is 2.38. The van der Waals surface area contributed by atoms with E-state index < -0.39 is 4.92 Å². The van der Waals surface area contributed by atoms with Gasteiger partial charge in [-0.15, -0.1) is 0 Å². The topological polar surface area (TPSA) is 75.8 Å². The van der Waals surface area contributed by atoms with Crippen LogP contribution in [0.1, 0.15) is 12.8 Å². The Morgan fingerprint density at radius 1 is 1.47 bits per heavy atom. The van der Waals surface area contributed by atoms with Crippen molar-refractivity contribution in [3.63, 3.8) is 0 Å². The van der Waals surface area contributed by atoms with Gasteiger partial charge in [0.15, 0.2) is 5.75 Å². The van der Waals surface area contributed by atoms with Crippen LogP contribution in [0.5, 0.6) is 5.75 Å². The number of benzene rings is 1. The maximum absolute atomic E-state index is 11.2. The first-order valence-corrected chi connectivity index (χ1v) is 6.34. The molecule has 0 radical (unpaired) electrons. The number of aliphatic hydroxyl groups excluding tert-OH is 1. The van der Waals surface area contributed by atoms with E-state index in [0.29, 0.717) is 11.6 Å². The molecule has 0 aliphatic carbocycles. The molecule has 104 valence electrons. The van der Waals surface area contributed by atoms with Crippen molar-refractivity contribution < 1.29 is 14.8 Å². The van der Waals surface area contributed by atoms with Gasteiger partial charge in [-0.1, -0.05) is 6.07 Å². The third-order valence-electron chi connectivity index (χ3n) is 3.59. The molecule has 1 fully saturated rings. The number of nitro groups is 1. The molecule has 0 aromatic heterocycles. The van der Waals surface area contributed by atoms with E-state index in [1.54, 1.807) is 18.2 Å². The van der Waals surface area contributed by atoms with E-state index in [0.717, 1.165) is 25.9 Å². The highest BCUT2D eigenvalue weighted by Gasteiger charge is 2.27. The SMILES string of the molecule is COc1cccc(N2CCC(CO)CC2)c1[N+](=O)[O-]. The van der Waals surface area contributed by atoms with Crippen LogP contribution in [0.2, 0.25) is 0 Å². The first kappa shape index (κ1) is 13.6. The number of rotatable bonds is 4. The molecule has 0 spiro atoms. The first-order valence-electron chi connectivity index (χ1n) is 6.34. The highest BCUT2D eigenvalue weighted by atomic mass is 16.6. The molecule has 1 heterocycles. The van der Waals surface area contributed by atoms with Gasteiger partial charge in [0.25, 0.3) is 0 Å². The number of nitrogens with zero attached hydrogens (tertiary/aromatic N) is 2. The number of ether oxygens (including phenoxy) is 1. The van der Waals surface area contributed by atoms with Gasteiger partial charge in [-0.05, 0) is 30.9 Å². The fourth-order valence-electron chi connectivity index (χ4n) is 2.47. The van der Waals surface area contributed by atoms with Crippen LogP contribution >= 0.6 is 0 Å². The van der Waals surface area contributed by atoms with E-state index in [1.807, 2.05) is 4.90 Å². The van der Waals surface area contributed by atoms with E-state index in [-0.39, 0.29) is 18.0 Å². The van der Waals surface area contributed by atoms with Gasteiger partial charge in [-0.3, -0.25) is 10.1 Å². The molecule has 1 N–H and O–H groups in total. The lowest BCUT2D eigenvalue weighted by molar-refractivity contribution is -0.385. The van der Waals surface area contributed by atoms with Crippen molar-refractivity contribution in [3.05, 3.63) is 28.3 Å². The maximum atomic E-state index is 11.2. The zero-order valence-corrected chi connectivity index (χ0v) is 10.9. The van der Waals surface area contributed by atoms with Crippen LogP contribution in [0.3, 0.4) is 0 Å². The van der Waals surface area contributed by atoms with Gasteiger partial charge >= 0.3 is 5.69 Å². The largest absolute Gasteiger partial charge is 0.490 e. The third kappa shape index (κ3) is 2.78. The Bertz CT molecular complexity index is 456. The number of anilines is 1. The predicted octanol–water partition coefficient (Wildman–Crippen LogP) is 1.81. The Balaban J connectivity index is 2.27. The second-order valence-corrected chi connectivity index (χ2v) is 4.70. The van der Waals surface area contributed by atoms with E-state index in [4.69, 9.17) is 9.84 Å². The number of hydrogen-bond acceptors (Lipinski definition) is 5. The van der Waals surface area contributed by atoms with Gasteiger partial charge in [-0.25, -0.2) is 0 Å². The normalized spacial score (nSPS) is 16.4. The zero-order chi connectivity index (χ0) is 13.8. The lowest BCUT2D eigenvalue weighted by Crippen LogP contribution is -2.35. The second-order valence-electron chi connectivity index (χ2n) is 4.70. The summed E-state index contributed by atoms with van der Waals surface area (Å²) in [4.78, 5) is 12.8. The highest BCUT2D eigenvalue weighted by molar-refractivity contribution is 5.69. The van der Waals surface area contributed by atoms with Crippen LogP contribution in [0.25, 0.3) is 0 Å². The number of methoxy groups -OCH3 is 1. The van der Waals surface area contributed by atoms with Gasteiger partial charge in [0.1, 0.15) is 5.69 Å². The monoisotopic (exact) mass is 266 g/mol. The Morgan fingerprint density at radius 3 is 2.68 bits per heavy atom. The van der Waals surface area contributed by atoms with Gasteiger partial charge in [-0.2, -0.15) is 0 Å². The summed E-state index contributed by atoms with van der Waals surface area (Å²) >= 11 is 0. The number of piperidine rings is 1. The van der Waals surface area contributed by atoms with Gasteiger partial charge in [0, 0.05) is 19.7 Å². The van der Waals surface area contributed by atoms with Crippen molar-refractivity contribution >= 4 is 11.4 Å². The average Bonchev–Trinajstić information content (AvgIpc) is 2.46. The smallest absolute Gasteiger partial charge is 0.333 e. The van der Waals surface area contributed by atoms with E-state index in [2.05, 4.69) is 0 Å². The summed E-state index contributed by atoms with van der Waals surface area (Å²) in [5, 5.41) is 20.3. The predicted molar refractivity (Wildman–Crippen MR) is 71.7 cm³/mol. The molecule has 0 atom stereocenters. The molecule has 1 aliphatic heterocycles. The molecule has 19 heavy (non-hydrogen) atoms. The standard InChI is InChI=1S/C13H18N2O4/c1-19-12-4-2-3-11(13(12)15(17)18)14-7-5-10(9-16)6-8-14/h2-4,10,16H,5-9H2,1H3. The molecule has 0 amide bonds. The molecule has 2 rings (SSSR count). The minimum atomic E-state index is -0.397. The third-order valence-corrected chi connectivity index (χ3v) is 3.59. The van der Waals surface area contributed by atoms with Crippen molar-refractivity contribution in [2.24, 2.45) is 5.92 Å². The summed E-state index contributed by atoms with van der Waals surface area (Å²) in [6, 6.07) is 5.11. The van der Waals surface area contributed by atoms with Crippen LogP contribution < -0.4 is 9.64 Å². The van der Waals surface area contributed by atoms with Crippen LogP contribution in [-0.2, 0) is 0 Å². The lowest BCUT2D eigenvalue weighted by atomic mass is 9.97. The number of nitro benzene ring substituents is 1. The summed E-state index contributed by atoms with van der Waals surface area (Å²) in [7, 11) is 1.43. The van der Waals surface area contributed by atoms with Crippen LogP contribution in [0, 0.1) is 16.0 Å². The summed E-state index contributed by atoms with van der Waals surface area (Å²) in [5.41, 5.74) is 0.619. The Labute approximate surface area is 111 Å².